The Hall–Kier alpha value is -1.13. The van der Waals surface area contributed by atoms with E-state index in [0.717, 1.165) is 24.6 Å². The van der Waals surface area contributed by atoms with E-state index in [0.29, 0.717) is 18.6 Å². The first-order valence-corrected chi connectivity index (χ1v) is 7.90. The van der Waals surface area contributed by atoms with Crippen LogP contribution in [0.3, 0.4) is 0 Å². The molecular weight excluding hydrogens is 260 g/mol. The summed E-state index contributed by atoms with van der Waals surface area (Å²) in [5.41, 5.74) is 8.22. The molecule has 2 heterocycles. The normalized spacial score (nSPS) is 24.4. The number of pyridine rings is 1. The topological polar surface area (TPSA) is 45.4 Å². The van der Waals surface area contributed by atoms with Crippen LogP contribution < -0.4 is 10.6 Å². The molecule has 2 N–H and O–H groups in total. The van der Waals surface area contributed by atoms with Gasteiger partial charge in [-0.3, -0.25) is 4.90 Å². The monoisotopic (exact) mass is 290 g/mol. The Balaban J connectivity index is 2.35. The third kappa shape index (κ3) is 3.55. The highest BCUT2D eigenvalue weighted by atomic mass is 15.3. The average molecular weight is 290 g/mol. The van der Waals surface area contributed by atoms with Crippen molar-refractivity contribution < 1.29 is 0 Å². The van der Waals surface area contributed by atoms with Crippen molar-refractivity contribution in [2.45, 2.75) is 58.7 Å². The maximum Gasteiger partial charge on any atom is 0.129 e. The van der Waals surface area contributed by atoms with Crippen LogP contribution in [0.1, 0.15) is 45.9 Å². The summed E-state index contributed by atoms with van der Waals surface area (Å²) in [6, 6.07) is 5.37. The molecule has 4 heteroatoms. The van der Waals surface area contributed by atoms with Gasteiger partial charge in [0.05, 0.1) is 0 Å². The van der Waals surface area contributed by atoms with Gasteiger partial charge < -0.3 is 10.6 Å². The molecule has 2 atom stereocenters. The summed E-state index contributed by atoms with van der Waals surface area (Å²) in [6.07, 6.45) is 0. The van der Waals surface area contributed by atoms with Crippen LogP contribution in [0.4, 0.5) is 5.82 Å². The molecule has 2 unspecified atom stereocenters. The van der Waals surface area contributed by atoms with Crippen LogP contribution >= 0.6 is 0 Å². The lowest BCUT2D eigenvalue weighted by Crippen LogP contribution is -2.55. The molecule has 0 aliphatic carbocycles. The Labute approximate surface area is 129 Å². The summed E-state index contributed by atoms with van der Waals surface area (Å²) in [5.74, 6) is 1.08. The van der Waals surface area contributed by atoms with Crippen LogP contribution in [0.5, 0.6) is 0 Å². The van der Waals surface area contributed by atoms with Gasteiger partial charge in [0.25, 0.3) is 0 Å². The second-order valence-corrected chi connectivity index (χ2v) is 7.44. The summed E-state index contributed by atoms with van der Waals surface area (Å²) >= 11 is 0. The first-order valence-electron chi connectivity index (χ1n) is 7.90. The average Bonchev–Trinajstić information content (AvgIpc) is 2.42. The Morgan fingerprint density at radius 3 is 2.24 bits per heavy atom. The van der Waals surface area contributed by atoms with Crippen LogP contribution in [0.25, 0.3) is 0 Å². The minimum atomic E-state index is 0.0454. The number of anilines is 1. The largest absolute Gasteiger partial charge is 0.353 e. The number of likely N-dealkylation sites (N-methyl/N-ethyl adjacent to an activating group) is 1. The summed E-state index contributed by atoms with van der Waals surface area (Å²) in [5, 5.41) is 0. The van der Waals surface area contributed by atoms with Gasteiger partial charge >= 0.3 is 0 Å². The van der Waals surface area contributed by atoms with E-state index >= 15 is 0 Å². The Morgan fingerprint density at radius 2 is 1.76 bits per heavy atom. The van der Waals surface area contributed by atoms with E-state index in [1.165, 1.54) is 5.56 Å². The zero-order chi connectivity index (χ0) is 15.8. The van der Waals surface area contributed by atoms with Crippen LogP contribution in [0.2, 0.25) is 0 Å². The zero-order valence-electron chi connectivity index (χ0n) is 14.3. The van der Waals surface area contributed by atoms with Crippen molar-refractivity contribution in [3.8, 4) is 0 Å². The predicted molar refractivity (Wildman–Crippen MR) is 89.7 cm³/mol. The molecule has 1 aromatic heterocycles. The third-order valence-corrected chi connectivity index (χ3v) is 4.56. The number of aromatic nitrogens is 1. The molecule has 2 rings (SSSR count). The molecule has 1 fully saturated rings. The lowest BCUT2D eigenvalue weighted by atomic mass is 9.90. The second-order valence-electron chi connectivity index (χ2n) is 7.44. The smallest absolute Gasteiger partial charge is 0.129 e. The number of nitrogens with two attached hydrogens (primary N) is 1. The van der Waals surface area contributed by atoms with Crippen molar-refractivity contribution in [2.24, 2.45) is 5.73 Å². The highest BCUT2D eigenvalue weighted by Crippen LogP contribution is 2.26. The standard InChI is InChI=1S/C17H30N4/c1-12-10-21(11-13(2)20(12)6)16-8-14(9-18)7-15(19-16)17(3,4)5/h7-8,12-13H,9-11,18H2,1-6H3. The van der Waals surface area contributed by atoms with E-state index < -0.39 is 0 Å². The molecule has 0 spiro atoms. The molecule has 118 valence electrons. The van der Waals surface area contributed by atoms with Crippen molar-refractivity contribution in [3.63, 3.8) is 0 Å². The minimum absolute atomic E-state index is 0.0454. The fourth-order valence-electron chi connectivity index (χ4n) is 2.83. The van der Waals surface area contributed by atoms with Crippen LogP contribution in [-0.2, 0) is 12.0 Å². The van der Waals surface area contributed by atoms with E-state index in [4.69, 9.17) is 10.7 Å². The summed E-state index contributed by atoms with van der Waals surface area (Å²) in [7, 11) is 2.21. The van der Waals surface area contributed by atoms with E-state index in [1.807, 2.05) is 0 Å². The molecule has 0 radical (unpaired) electrons. The zero-order valence-corrected chi connectivity index (χ0v) is 14.3. The van der Waals surface area contributed by atoms with Crippen molar-refractivity contribution in [1.82, 2.24) is 9.88 Å². The van der Waals surface area contributed by atoms with Gasteiger partial charge in [-0.05, 0) is 38.6 Å². The Bertz CT molecular complexity index is 480. The number of hydrogen-bond acceptors (Lipinski definition) is 4. The second kappa shape index (κ2) is 5.93. The van der Waals surface area contributed by atoms with Gasteiger partial charge in [-0.25, -0.2) is 4.98 Å². The first kappa shape index (κ1) is 16.2. The molecule has 0 amide bonds. The Kier molecular flexibility index (Phi) is 4.59. The fraction of sp³-hybridized carbons (Fsp3) is 0.706. The molecule has 0 bridgehead atoms. The number of hydrogen-bond donors (Lipinski definition) is 1. The maximum atomic E-state index is 5.88. The van der Waals surface area contributed by atoms with Gasteiger partial charge in [0.2, 0.25) is 0 Å². The van der Waals surface area contributed by atoms with Gasteiger partial charge in [-0.15, -0.1) is 0 Å². The lowest BCUT2D eigenvalue weighted by Gasteiger charge is -2.43. The molecule has 1 saturated heterocycles. The fourth-order valence-corrected chi connectivity index (χ4v) is 2.83. The molecule has 1 aliphatic heterocycles. The van der Waals surface area contributed by atoms with Crippen molar-refractivity contribution in [3.05, 3.63) is 23.4 Å². The van der Waals surface area contributed by atoms with E-state index in [9.17, 15) is 0 Å². The SMILES string of the molecule is CC1CN(c2cc(CN)cc(C(C)(C)C)n2)CC(C)N1C. The van der Waals surface area contributed by atoms with E-state index in [-0.39, 0.29) is 5.41 Å². The third-order valence-electron chi connectivity index (χ3n) is 4.56. The number of nitrogens with zero attached hydrogens (tertiary/aromatic N) is 3. The van der Waals surface area contributed by atoms with Gasteiger partial charge in [0.15, 0.2) is 0 Å². The number of rotatable bonds is 2. The highest BCUT2D eigenvalue weighted by molar-refractivity contribution is 5.45. The summed E-state index contributed by atoms with van der Waals surface area (Å²) in [4.78, 5) is 9.77. The molecule has 1 aliphatic rings. The van der Waals surface area contributed by atoms with Crippen LogP contribution in [0, 0.1) is 0 Å². The Morgan fingerprint density at radius 1 is 1.19 bits per heavy atom. The van der Waals surface area contributed by atoms with Gasteiger partial charge in [0.1, 0.15) is 5.82 Å². The minimum Gasteiger partial charge on any atom is -0.353 e. The lowest BCUT2D eigenvalue weighted by molar-refractivity contribution is 0.169. The van der Waals surface area contributed by atoms with Crippen LogP contribution in [-0.4, -0.2) is 42.1 Å². The molecule has 21 heavy (non-hydrogen) atoms. The molecule has 0 saturated carbocycles. The molecule has 0 aromatic carbocycles. The van der Waals surface area contributed by atoms with Gasteiger partial charge in [-0.2, -0.15) is 0 Å². The maximum absolute atomic E-state index is 5.88. The molecule has 4 nitrogen and oxygen atoms in total. The summed E-state index contributed by atoms with van der Waals surface area (Å²) < 4.78 is 0. The van der Waals surface area contributed by atoms with Gasteiger partial charge in [-0.1, -0.05) is 20.8 Å². The summed E-state index contributed by atoms with van der Waals surface area (Å²) in [6.45, 7) is 13.8. The number of piperazine rings is 1. The van der Waals surface area contributed by atoms with E-state index in [2.05, 4.69) is 63.6 Å². The van der Waals surface area contributed by atoms with E-state index in [1.54, 1.807) is 0 Å². The molecule has 1 aromatic rings. The van der Waals surface area contributed by atoms with Crippen molar-refractivity contribution in [2.75, 3.05) is 25.0 Å². The predicted octanol–water partition coefficient (Wildman–Crippen LogP) is 2.37. The van der Waals surface area contributed by atoms with Crippen molar-refractivity contribution >= 4 is 5.82 Å². The van der Waals surface area contributed by atoms with Crippen LogP contribution in [0.15, 0.2) is 12.1 Å². The quantitative estimate of drug-likeness (QED) is 0.908. The van der Waals surface area contributed by atoms with Crippen molar-refractivity contribution in [1.29, 1.82) is 0 Å². The first-order chi connectivity index (χ1) is 9.72. The van der Waals surface area contributed by atoms with Gasteiger partial charge in [0, 0.05) is 42.8 Å². The molecular formula is C17H30N4. The highest BCUT2D eigenvalue weighted by Gasteiger charge is 2.28.